The number of benzene rings is 2. The van der Waals surface area contributed by atoms with Crippen LogP contribution in [0.4, 0.5) is 4.39 Å². The van der Waals surface area contributed by atoms with Gasteiger partial charge in [-0.15, -0.1) is 0 Å². The van der Waals surface area contributed by atoms with E-state index in [1.54, 1.807) is 23.6 Å². The zero-order valence-electron chi connectivity index (χ0n) is 11.8. The second-order valence-corrected chi connectivity index (χ2v) is 5.09. The number of hydrogen-bond donors (Lipinski definition) is 0. The monoisotopic (exact) mass is 317 g/mol. The predicted molar refractivity (Wildman–Crippen MR) is 84.2 cm³/mol. The smallest absolute Gasteiger partial charge is 0.355 e. The zero-order valence-corrected chi connectivity index (χ0v) is 12.6. The van der Waals surface area contributed by atoms with Crippen LogP contribution >= 0.6 is 11.6 Å². The SMILES string of the molecule is CCOC(=O)c1cc2c(Cl)c(F)ccc2n1-c1ccccc1. The molecule has 0 unspecified atom stereocenters. The molecule has 0 N–H and O–H groups in total. The number of nitrogens with zero attached hydrogens (tertiary/aromatic N) is 1. The predicted octanol–water partition coefficient (Wildman–Crippen LogP) is 4.60. The molecule has 1 heterocycles. The fourth-order valence-electron chi connectivity index (χ4n) is 2.43. The summed E-state index contributed by atoms with van der Waals surface area (Å²) in [5, 5.41) is 0.478. The van der Waals surface area contributed by atoms with Crippen molar-refractivity contribution in [3.63, 3.8) is 0 Å². The minimum absolute atomic E-state index is 0.00210. The molecule has 5 heteroatoms. The maximum Gasteiger partial charge on any atom is 0.355 e. The summed E-state index contributed by atoms with van der Waals surface area (Å²) in [4.78, 5) is 12.2. The summed E-state index contributed by atoms with van der Waals surface area (Å²) >= 11 is 6.04. The maximum absolute atomic E-state index is 13.7. The van der Waals surface area contributed by atoms with Gasteiger partial charge >= 0.3 is 5.97 Å². The molecule has 3 nitrogen and oxygen atoms in total. The first-order valence-electron chi connectivity index (χ1n) is 6.85. The molecule has 1 aromatic heterocycles. The fraction of sp³-hybridized carbons (Fsp3) is 0.118. The molecule has 2 aromatic carbocycles. The quantitative estimate of drug-likeness (QED) is 0.661. The molecule has 0 aliphatic carbocycles. The van der Waals surface area contributed by atoms with E-state index in [0.717, 1.165) is 5.69 Å². The van der Waals surface area contributed by atoms with Crippen molar-refractivity contribution in [3.05, 3.63) is 65.1 Å². The molecule has 112 valence electrons. The highest BCUT2D eigenvalue weighted by molar-refractivity contribution is 6.35. The molecule has 0 atom stereocenters. The first-order chi connectivity index (χ1) is 10.6. The second kappa shape index (κ2) is 5.81. The van der Waals surface area contributed by atoms with E-state index in [1.165, 1.54) is 6.07 Å². The van der Waals surface area contributed by atoms with E-state index in [0.29, 0.717) is 16.6 Å². The number of aromatic nitrogens is 1. The van der Waals surface area contributed by atoms with Crippen molar-refractivity contribution in [1.82, 2.24) is 4.57 Å². The summed E-state index contributed by atoms with van der Waals surface area (Å²) in [6.45, 7) is 2.00. The Kier molecular flexibility index (Phi) is 3.86. The van der Waals surface area contributed by atoms with Gasteiger partial charge in [0.05, 0.1) is 17.1 Å². The first-order valence-corrected chi connectivity index (χ1v) is 7.23. The third kappa shape index (κ3) is 2.35. The molecule has 3 aromatic rings. The summed E-state index contributed by atoms with van der Waals surface area (Å²) in [5.74, 6) is -0.992. The van der Waals surface area contributed by atoms with Crippen molar-refractivity contribution in [2.24, 2.45) is 0 Å². The van der Waals surface area contributed by atoms with Crippen molar-refractivity contribution in [3.8, 4) is 5.69 Å². The molecule has 0 aliphatic rings. The molecule has 0 bridgehead atoms. The Hall–Kier alpha value is -2.33. The van der Waals surface area contributed by atoms with Crippen molar-refractivity contribution in [2.75, 3.05) is 6.61 Å². The summed E-state index contributed by atoms with van der Waals surface area (Å²) < 4.78 is 20.5. The Bertz CT molecular complexity index is 843. The molecule has 3 rings (SSSR count). The van der Waals surface area contributed by atoms with E-state index in [1.807, 2.05) is 30.3 Å². The van der Waals surface area contributed by atoms with Crippen LogP contribution in [0.5, 0.6) is 0 Å². The Morgan fingerprint density at radius 2 is 1.95 bits per heavy atom. The average Bonchev–Trinajstić information content (AvgIpc) is 2.92. The van der Waals surface area contributed by atoms with Crippen LogP contribution < -0.4 is 0 Å². The normalized spacial score (nSPS) is 10.9. The summed E-state index contributed by atoms with van der Waals surface area (Å²) in [6, 6.07) is 13.8. The lowest BCUT2D eigenvalue weighted by molar-refractivity contribution is 0.0517. The van der Waals surface area contributed by atoms with Crippen molar-refractivity contribution < 1.29 is 13.9 Å². The second-order valence-electron chi connectivity index (χ2n) is 4.72. The molecular formula is C17H13ClFNO2. The number of rotatable bonds is 3. The van der Waals surface area contributed by atoms with Gasteiger partial charge in [0.25, 0.3) is 0 Å². The zero-order chi connectivity index (χ0) is 15.7. The molecule has 0 saturated heterocycles. The summed E-state index contributed by atoms with van der Waals surface area (Å²) in [6.07, 6.45) is 0. The van der Waals surface area contributed by atoms with Gasteiger partial charge in [-0.25, -0.2) is 9.18 Å². The standard InChI is InChI=1S/C17H13ClFNO2/c1-2-22-17(21)15-10-12-14(9-8-13(19)16(12)18)20(15)11-6-4-3-5-7-11/h3-10H,2H2,1H3. The minimum Gasteiger partial charge on any atom is -0.461 e. The van der Waals surface area contributed by atoms with Gasteiger partial charge in [-0.2, -0.15) is 0 Å². The van der Waals surface area contributed by atoms with Crippen LogP contribution in [0.1, 0.15) is 17.4 Å². The van der Waals surface area contributed by atoms with Crippen molar-refractivity contribution in [2.45, 2.75) is 6.92 Å². The molecule has 0 saturated carbocycles. The molecule has 0 aliphatic heterocycles. The van der Waals surface area contributed by atoms with Gasteiger partial charge in [0.1, 0.15) is 11.5 Å². The molecular weight excluding hydrogens is 305 g/mol. The lowest BCUT2D eigenvalue weighted by atomic mass is 10.2. The third-order valence-corrected chi connectivity index (χ3v) is 3.76. The number of para-hydroxylation sites is 1. The number of fused-ring (bicyclic) bond motifs is 1. The minimum atomic E-state index is -0.519. The van der Waals surface area contributed by atoms with E-state index in [-0.39, 0.29) is 11.6 Å². The molecule has 0 amide bonds. The summed E-state index contributed by atoms with van der Waals surface area (Å²) in [5.41, 5.74) is 1.75. The highest BCUT2D eigenvalue weighted by atomic mass is 35.5. The largest absolute Gasteiger partial charge is 0.461 e. The van der Waals surface area contributed by atoms with E-state index >= 15 is 0 Å². The number of esters is 1. The van der Waals surface area contributed by atoms with Gasteiger partial charge in [0.2, 0.25) is 0 Å². The maximum atomic E-state index is 13.7. The number of carbonyl (C=O) groups excluding carboxylic acids is 1. The number of halogens is 2. The highest BCUT2D eigenvalue weighted by Gasteiger charge is 2.20. The number of ether oxygens (including phenoxy) is 1. The van der Waals surface area contributed by atoms with E-state index < -0.39 is 11.8 Å². The van der Waals surface area contributed by atoms with E-state index in [4.69, 9.17) is 16.3 Å². The molecule has 0 radical (unpaired) electrons. The number of hydrogen-bond acceptors (Lipinski definition) is 2. The highest BCUT2D eigenvalue weighted by Crippen LogP contribution is 2.32. The third-order valence-electron chi connectivity index (χ3n) is 3.37. The van der Waals surface area contributed by atoms with E-state index in [9.17, 15) is 9.18 Å². The van der Waals surface area contributed by atoms with Crippen molar-refractivity contribution >= 4 is 28.5 Å². The van der Waals surface area contributed by atoms with Gasteiger partial charge in [-0.3, -0.25) is 0 Å². The molecule has 0 fully saturated rings. The van der Waals surface area contributed by atoms with Crippen LogP contribution in [0.25, 0.3) is 16.6 Å². The van der Waals surface area contributed by atoms with E-state index in [2.05, 4.69) is 0 Å². The average molecular weight is 318 g/mol. The van der Waals surface area contributed by atoms with Crippen LogP contribution in [0.3, 0.4) is 0 Å². The number of carbonyl (C=O) groups is 1. The van der Waals surface area contributed by atoms with Crippen LogP contribution in [-0.2, 0) is 4.74 Å². The first kappa shape index (κ1) is 14.6. The van der Waals surface area contributed by atoms with Crippen LogP contribution in [0.15, 0.2) is 48.5 Å². The van der Waals surface area contributed by atoms with Crippen molar-refractivity contribution in [1.29, 1.82) is 0 Å². The van der Waals surface area contributed by atoms with Crippen LogP contribution in [-0.4, -0.2) is 17.1 Å². The Morgan fingerprint density at radius 1 is 1.23 bits per heavy atom. The van der Waals surface area contributed by atoms with Gasteiger partial charge in [-0.1, -0.05) is 29.8 Å². The lowest BCUT2D eigenvalue weighted by Gasteiger charge is -2.10. The Balaban J connectivity index is 2.33. The van der Waals surface area contributed by atoms with Crippen LogP contribution in [0, 0.1) is 5.82 Å². The molecule has 22 heavy (non-hydrogen) atoms. The lowest BCUT2D eigenvalue weighted by Crippen LogP contribution is -2.10. The topological polar surface area (TPSA) is 31.2 Å². The van der Waals surface area contributed by atoms with Gasteiger partial charge in [0.15, 0.2) is 0 Å². The summed E-state index contributed by atoms with van der Waals surface area (Å²) in [7, 11) is 0. The van der Waals surface area contributed by atoms with Gasteiger partial charge in [0, 0.05) is 11.1 Å². The van der Waals surface area contributed by atoms with Gasteiger partial charge < -0.3 is 9.30 Å². The Labute approximate surface area is 131 Å². The fourth-order valence-corrected chi connectivity index (χ4v) is 2.64. The Morgan fingerprint density at radius 3 is 2.64 bits per heavy atom. The van der Waals surface area contributed by atoms with Gasteiger partial charge in [-0.05, 0) is 37.3 Å². The van der Waals surface area contributed by atoms with Crippen LogP contribution in [0.2, 0.25) is 5.02 Å². The molecule has 0 spiro atoms.